The highest BCUT2D eigenvalue weighted by atomic mass is 19.1. The normalized spacial score (nSPS) is 17.5. The molecule has 1 aliphatic heterocycles. The van der Waals surface area contributed by atoms with Crippen LogP contribution in [0.15, 0.2) is 47.1 Å². The van der Waals surface area contributed by atoms with Crippen LogP contribution in [-0.2, 0) is 6.42 Å². The van der Waals surface area contributed by atoms with Crippen LogP contribution >= 0.6 is 0 Å². The summed E-state index contributed by atoms with van der Waals surface area (Å²) in [5, 5.41) is 0. The molecule has 0 aliphatic carbocycles. The van der Waals surface area contributed by atoms with Gasteiger partial charge in [0, 0.05) is 25.7 Å². The topological polar surface area (TPSA) is 55.1 Å². The van der Waals surface area contributed by atoms with Crippen molar-refractivity contribution in [2.75, 3.05) is 18.0 Å². The third kappa shape index (κ3) is 3.59. The minimum atomic E-state index is -0.214. The fourth-order valence-electron chi connectivity index (χ4n) is 3.43. The summed E-state index contributed by atoms with van der Waals surface area (Å²) in [5.74, 6) is 3.14. The molecule has 6 heteroatoms. The fourth-order valence-corrected chi connectivity index (χ4v) is 3.43. The molecule has 1 atom stereocenters. The van der Waals surface area contributed by atoms with Crippen molar-refractivity contribution in [3.63, 3.8) is 0 Å². The molecule has 1 aromatic carbocycles. The fraction of sp³-hybridized carbons (Fsp3) is 0.350. The highest BCUT2D eigenvalue weighted by molar-refractivity contribution is 5.38. The summed E-state index contributed by atoms with van der Waals surface area (Å²) in [5.41, 5.74) is 0.622. The van der Waals surface area contributed by atoms with Crippen molar-refractivity contribution >= 4 is 5.82 Å². The van der Waals surface area contributed by atoms with Crippen molar-refractivity contribution in [1.82, 2.24) is 15.0 Å². The van der Waals surface area contributed by atoms with E-state index in [9.17, 15) is 4.39 Å². The Morgan fingerprint density at radius 1 is 1.23 bits per heavy atom. The number of hydrogen-bond donors (Lipinski definition) is 0. The Balaban J connectivity index is 1.48. The lowest BCUT2D eigenvalue weighted by Gasteiger charge is -2.32. The van der Waals surface area contributed by atoms with Crippen LogP contribution in [0.1, 0.15) is 41.8 Å². The second-order valence-electron chi connectivity index (χ2n) is 6.68. The van der Waals surface area contributed by atoms with Crippen LogP contribution in [0.2, 0.25) is 0 Å². The highest BCUT2D eigenvalue weighted by Gasteiger charge is 2.26. The Morgan fingerprint density at radius 3 is 2.96 bits per heavy atom. The van der Waals surface area contributed by atoms with E-state index in [0.29, 0.717) is 17.7 Å². The lowest BCUT2D eigenvalue weighted by molar-refractivity contribution is 0.383. The second-order valence-corrected chi connectivity index (χ2v) is 6.68. The van der Waals surface area contributed by atoms with Gasteiger partial charge in [-0.3, -0.25) is 0 Å². The molecule has 0 bridgehead atoms. The van der Waals surface area contributed by atoms with Crippen LogP contribution in [0.4, 0.5) is 10.2 Å². The molecule has 5 nitrogen and oxygen atoms in total. The van der Waals surface area contributed by atoms with E-state index >= 15 is 0 Å². The molecule has 0 N–H and O–H groups in total. The first-order valence-corrected chi connectivity index (χ1v) is 8.91. The van der Waals surface area contributed by atoms with Gasteiger partial charge in [-0.15, -0.1) is 0 Å². The van der Waals surface area contributed by atoms with E-state index in [0.717, 1.165) is 43.5 Å². The van der Waals surface area contributed by atoms with Gasteiger partial charge in [0.15, 0.2) is 5.89 Å². The van der Waals surface area contributed by atoms with E-state index in [-0.39, 0.29) is 11.7 Å². The monoisotopic (exact) mass is 352 g/mol. The van der Waals surface area contributed by atoms with Crippen LogP contribution in [0.5, 0.6) is 0 Å². The smallest absolute Gasteiger partial charge is 0.199 e. The number of benzene rings is 1. The summed E-state index contributed by atoms with van der Waals surface area (Å²) in [6, 6.07) is 8.70. The quantitative estimate of drug-likeness (QED) is 0.713. The summed E-state index contributed by atoms with van der Waals surface area (Å²) in [4.78, 5) is 15.4. The summed E-state index contributed by atoms with van der Waals surface area (Å²) in [6.45, 7) is 3.68. The first-order valence-electron chi connectivity index (χ1n) is 8.91. The molecule has 1 fully saturated rings. The Bertz CT molecular complexity index is 895. The van der Waals surface area contributed by atoms with Crippen molar-refractivity contribution < 1.29 is 8.81 Å². The van der Waals surface area contributed by atoms with Gasteiger partial charge in [-0.1, -0.05) is 18.2 Å². The van der Waals surface area contributed by atoms with Gasteiger partial charge in [0.25, 0.3) is 0 Å². The van der Waals surface area contributed by atoms with Crippen molar-refractivity contribution in [1.29, 1.82) is 0 Å². The minimum Gasteiger partial charge on any atom is -0.445 e. The van der Waals surface area contributed by atoms with Crippen LogP contribution in [0, 0.1) is 12.7 Å². The standard InChI is InChI=1S/C20H21FN4O/c1-14-22-9-8-19(24-14)25-10-4-6-16(13-25)20-23-12-17(26-20)11-15-5-2-3-7-18(15)21/h2-3,5,7-9,12,16H,4,6,10-11,13H2,1H3. The van der Waals surface area contributed by atoms with E-state index in [1.807, 2.05) is 19.1 Å². The number of halogens is 1. The van der Waals surface area contributed by atoms with Crippen LogP contribution in [-0.4, -0.2) is 28.0 Å². The maximum absolute atomic E-state index is 13.8. The number of piperidine rings is 1. The number of nitrogens with zero attached hydrogens (tertiary/aromatic N) is 4. The zero-order chi connectivity index (χ0) is 17.9. The number of hydrogen-bond acceptors (Lipinski definition) is 5. The predicted molar refractivity (Wildman–Crippen MR) is 96.7 cm³/mol. The molecule has 0 radical (unpaired) electrons. The summed E-state index contributed by atoms with van der Waals surface area (Å²) in [6.07, 6.45) is 6.01. The largest absolute Gasteiger partial charge is 0.445 e. The number of oxazole rings is 1. The average molecular weight is 352 g/mol. The van der Waals surface area contributed by atoms with Gasteiger partial charge in [-0.2, -0.15) is 0 Å². The van der Waals surface area contributed by atoms with Crippen molar-refractivity contribution in [2.24, 2.45) is 0 Å². The van der Waals surface area contributed by atoms with E-state index in [1.165, 1.54) is 6.07 Å². The molecule has 0 amide bonds. The number of aryl methyl sites for hydroxylation is 1. The van der Waals surface area contributed by atoms with E-state index < -0.39 is 0 Å². The Morgan fingerprint density at radius 2 is 2.12 bits per heavy atom. The van der Waals surface area contributed by atoms with Gasteiger partial charge in [-0.05, 0) is 37.5 Å². The molecule has 26 heavy (non-hydrogen) atoms. The lowest BCUT2D eigenvalue weighted by atomic mass is 9.98. The van der Waals surface area contributed by atoms with Crippen LogP contribution in [0.25, 0.3) is 0 Å². The molecular formula is C20H21FN4O. The molecule has 3 heterocycles. The summed E-state index contributed by atoms with van der Waals surface area (Å²) >= 11 is 0. The van der Waals surface area contributed by atoms with E-state index in [1.54, 1.807) is 24.5 Å². The van der Waals surface area contributed by atoms with Gasteiger partial charge in [0.1, 0.15) is 23.2 Å². The van der Waals surface area contributed by atoms with Crippen LogP contribution < -0.4 is 4.90 Å². The van der Waals surface area contributed by atoms with E-state index in [2.05, 4.69) is 19.9 Å². The molecule has 3 aromatic rings. The van der Waals surface area contributed by atoms with Gasteiger partial charge in [0.2, 0.25) is 0 Å². The lowest BCUT2D eigenvalue weighted by Crippen LogP contribution is -2.35. The molecule has 1 unspecified atom stereocenters. The van der Waals surface area contributed by atoms with Crippen molar-refractivity contribution in [3.05, 3.63) is 71.6 Å². The Kier molecular flexibility index (Phi) is 4.65. The first-order chi connectivity index (χ1) is 12.7. The van der Waals surface area contributed by atoms with Gasteiger partial charge < -0.3 is 9.32 Å². The Hall–Kier alpha value is -2.76. The highest BCUT2D eigenvalue weighted by Crippen LogP contribution is 2.29. The number of aromatic nitrogens is 3. The molecule has 2 aromatic heterocycles. The zero-order valence-corrected chi connectivity index (χ0v) is 14.7. The number of anilines is 1. The zero-order valence-electron chi connectivity index (χ0n) is 14.7. The second kappa shape index (κ2) is 7.23. The molecule has 1 aliphatic rings. The first kappa shape index (κ1) is 16.7. The number of rotatable bonds is 4. The average Bonchev–Trinajstić information content (AvgIpc) is 3.12. The van der Waals surface area contributed by atoms with Crippen molar-refractivity contribution in [3.8, 4) is 0 Å². The SMILES string of the molecule is Cc1nccc(N2CCCC(c3ncc(Cc4ccccc4F)o3)C2)n1. The van der Waals surface area contributed by atoms with Gasteiger partial charge in [-0.25, -0.2) is 19.3 Å². The maximum Gasteiger partial charge on any atom is 0.199 e. The van der Waals surface area contributed by atoms with Gasteiger partial charge in [0.05, 0.1) is 12.1 Å². The molecular weight excluding hydrogens is 331 g/mol. The van der Waals surface area contributed by atoms with Crippen LogP contribution in [0.3, 0.4) is 0 Å². The van der Waals surface area contributed by atoms with E-state index in [4.69, 9.17) is 4.42 Å². The minimum absolute atomic E-state index is 0.214. The molecule has 1 saturated heterocycles. The van der Waals surface area contributed by atoms with Crippen molar-refractivity contribution in [2.45, 2.75) is 32.1 Å². The Labute approximate surface area is 151 Å². The molecule has 0 spiro atoms. The maximum atomic E-state index is 13.8. The van der Waals surface area contributed by atoms with Gasteiger partial charge >= 0.3 is 0 Å². The predicted octanol–water partition coefficient (Wildman–Crippen LogP) is 3.89. The molecule has 4 rings (SSSR count). The summed E-state index contributed by atoms with van der Waals surface area (Å²) in [7, 11) is 0. The third-order valence-corrected chi connectivity index (χ3v) is 4.75. The molecule has 134 valence electrons. The third-order valence-electron chi connectivity index (χ3n) is 4.75. The summed E-state index contributed by atoms with van der Waals surface area (Å²) < 4.78 is 19.8. The molecule has 0 saturated carbocycles.